The zero-order valence-corrected chi connectivity index (χ0v) is 12.8. The van der Waals surface area contributed by atoms with Crippen molar-refractivity contribution in [3.63, 3.8) is 0 Å². The van der Waals surface area contributed by atoms with Crippen molar-refractivity contribution < 1.29 is 9.66 Å². The van der Waals surface area contributed by atoms with E-state index in [0.29, 0.717) is 18.9 Å². The summed E-state index contributed by atoms with van der Waals surface area (Å²) in [5.41, 5.74) is 2.30. The molecule has 1 aliphatic rings. The third-order valence-electron chi connectivity index (χ3n) is 4.08. The predicted molar refractivity (Wildman–Crippen MR) is 89.0 cm³/mol. The maximum Gasteiger partial charge on any atom is 0.270 e. The van der Waals surface area contributed by atoms with E-state index in [2.05, 4.69) is 19.9 Å². The first kappa shape index (κ1) is 14.6. The number of H-pyrrole nitrogens is 1. The van der Waals surface area contributed by atoms with E-state index in [-0.39, 0.29) is 5.69 Å². The van der Waals surface area contributed by atoms with Crippen molar-refractivity contribution >= 4 is 22.5 Å². The average molecular weight is 325 g/mol. The van der Waals surface area contributed by atoms with Gasteiger partial charge in [0.1, 0.15) is 17.8 Å². The number of aromatic nitrogens is 3. The van der Waals surface area contributed by atoms with Crippen molar-refractivity contribution in [3.05, 3.63) is 46.8 Å². The molecule has 0 amide bonds. The molecular formula is C16H15N5O3. The van der Waals surface area contributed by atoms with E-state index >= 15 is 0 Å². The standard InChI is InChI=1S/C16H15N5O3/c22-21(23)12-3-1-2-11(8-12)14-9-13-15(19-14)17-10-18-16(13)20-4-6-24-7-5-20/h1-3,8-10H,4-7H2,(H,17,18,19). The second kappa shape index (κ2) is 5.89. The molecule has 2 aromatic heterocycles. The average Bonchev–Trinajstić information content (AvgIpc) is 3.07. The van der Waals surface area contributed by atoms with Crippen LogP contribution >= 0.6 is 0 Å². The first-order valence-corrected chi connectivity index (χ1v) is 7.63. The highest BCUT2D eigenvalue weighted by atomic mass is 16.6. The Kier molecular flexibility index (Phi) is 3.58. The minimum absolute atomic E-state index is 0.0608. The molecule has 8 nitrogen and oxygen atoms in total. The van der Waals surface area contributed by atoms with E-state index in [9.17, 15) is 10.1 Å². The molecule has 1 fully saturated rings. The largest absolute Gasteiger partial charge is 0.378 e. The summed E-state index contributed by atoms with van der Waals surface area (Å²) in [7, 11) is 0. The van der Waals surface area contributed by atoms with Crippen molar-refractivity contribution in [2.24, 2.45) is 0 Å². The first-order valence-electron chi connectivity index (χ1n) is 7.63. The third-order valence-corrected chi connectivity index (χ3v) is 4.08. The minimum atomic E-state index is -0.398. The van der Waals surface area contributed by atoms with Gasteiger partial charge in [-0.15, -0.1) is 0 Å². The number of ether oxygens (including phenoxy) is 1. The Labute approximate surface area is 137 Å². The van der Waals surface area contributed by atoms with Crippen molar-refractivity contribution in [2.75, 3.05) is 31.2 Å². The number of non-ortho nitro benzene ring substituents is 1. The number of nitrogens with one attached hydrogen (secondary N) is 1. The van der Waals surface area contributed by atoms with Crippen molar-refractivity contribution in [3.8, 4) is 11.3 Å². The number of nitro benzene ring substituents is 1. The molecule has 8 heteroatoms. The van der Waals surface area contributed by atoms with E-state index in [1.54, 1.807) is 12.1 Å². The van der Waals surface area contributed by atoms with Crippen LogP contribution in [0, 0.1) is 10.1 Å². The third kappa shape index (κ3) is 2.56. The van der Waals surface area contributed by atoms with E-state index < -0.39 is 4.92 Å². The predicted octanol–water partition coefficient (Wildman–Crippen LogP) is 2.37. The van der Waals surface area contributed by atoms with Gasteiger partial charge >= 0.3 is 0 Å². The Hall–Kier alpha value is -3.00. The number of rotatable bonds is 3. The second-order valence-corrected chi connectivity index (χ2v) is 5.55. The maximum absolute atomic E-state index is 11.0. The smallest absolute Gasteiger partial charge is 0.270 e. The summed E-state index contributed by atoms with van der Waals surface area (Å²) in [6, 6.07) is 8.48. The summed E-state index contributed by atoms with van der Waals surface area (Å²) in [5, 5.41) is 11.9. The van der Waals surface area contributed by atoms with Crippen LogP contribution in [-0.2, 0) is 4.74 Å². The number of nitro groups is 1. The minimum Gasteiger partial charge on any atom is -0.378 e. The molecule has 0 saturated carbocycles. The second-order valence-electron chi connectivity index (χ2n) is 5.55. The van der Waals surface area contributed by atoms with Gasteiger partial charge < -0.3 is 14.6 Å². The Morgan fingerprint density at radius 2 is 2.04 bits per heavy atom. The monoisotopic (exact) mass is 325 g/mol. The van der Waals surface area contributed by atoms with Crippen LogP contribution in [-0.4, -0.2) is 46.2 Å². The molecular weight excluding hydrogens is 310 g/mol. The van der Waals surface area contributed by atoms with Crippen molar-refractivity contribution in [2.45, 2.75) is 0 Å². The molecule has 0 radical (unpaired) electrons. The Morgan fingerprint density at radius 3 is 2.83 bits per heavy atom. The van der Waals surface area contributed by atoms with Gasteiger partial charge in [-0.2, -0.15) is 0 Å². The lowest BCUT2D eigenvalue weighted by Gasteiger charge is -2.27. The highest BCUT2D eigenvalue weighted by Gasteiger charge is 2.18. The molecule has 1 saturated heterocycles. The lowest BCUT2D eigenvalue weighted by molar-refractivity contribution is -0.384. The summed E-state index contributed by atoms with van der Waals surface area (Å²) in [6.45, 7) is 2.91. The topological polar surface area (TPSA) is 97.2 Å². The number of aromatic amines is 1. The molecule has 24 heavy (non-hydrogen) atoms. The molecule has 0 bridgehead atoms. The van der Waals surface area contributed by atoms with Gasteiger partial charge in [0.15, 0.2) is 0 Å². The SMILES string of the molecule is O=[N+]([O-])c1cccc(-c2cc3c(N4CCOCC4)ncnc3[nH]2)c1. The summed E-state index contributed by atoms with van der Waals surface area (Å²) in [4.78, 5) is 24.7. The Morgan fingerprint density at radius 1 is 1.21 bits per heavy atom. The van der Waals surface area contributed by atoms with E-state index in [4.69, 9.17) is 4.74 Å². The van der Waals surface area contributed by atoms with Crippen LogP contribution in [0.15, 0.2) is 36.7 Å². The Balaban J connectivity index is 1.78. The summed E-state index contributed by atoms with van der Waals surface area (Å²) in [6.07, 6.45) is 1.53. The molecule has 0 aliphatic carbocycles. The summed E-state index contributed by atoms with van der Waals surface area (Å²) >= 11 is 0. The van der Waals surface area contributed by atoms with Gasteiger partial charge in [-0.05, 0) is 6.07 Å². The fourth-order valence-corrected chi connectivity index (χ4v) is 2.90. The Bertz CT molecular complexity index is 902. The van der Waals surface area contributed by atoms with Gasteiger partial charge in [0.05, 0.1) is 23.5 Å². The molecule has 0 atom stereocenters. The highest BCUT2D eigenvalue weighted by molar-refractivity contribution is 5.92. The fourth-order valence-electron chi connectivity index (χ4n) is 2.90. The zero-order valence-electron chi connectivity index (χ0n) is 12.8. The fraction of sp³-hybridized carbons (Fsp3) is 0.250. The molecule has 1 aliphatic heterocycles. The van der Waals surface area contributed by atoms with Crippen molar-refractivity contribution in [1.82, 2.24) is 15.0 Å². The van der Waals surface area contributed by atoms with Gasteiger partial charge in [-0.1, -0.05) is 12.1 Å². The van der Waals surface area contributed by atoms with Crippen LogP contribution in [0.25, 0.3) is 22.3 Å². The van der Waals surface area contributed by atoms with Crippen LogP contribution in [0.1, 0.15) is 0 Å². The molecule has 3 aromatic rings. The number of nitrogens with zero attached hydrogens (tertiary/aromatic N) is 4. The number of hydrogen-bond acceptors (Lipinski definition) is 6. The van der Waals surface area contributed by atoms with Crippen LogP contribution < -0.4 is 4.90 Å². The lowest BCUT2D eigenvalue weighted by atomic mass is 10.1. The van der Waals surface area contributed by atoms with Crippen LogP contribution in [0.3, 0.4) is 0 Å². The van der Waals surface area contributed by atoms with Gasteiger partial charge in [-0.3, -0.25) is 10.1 Å². The van der Waals surface area contributed by atoms with Gasteiger partial charge in [0, 0.05) is 36.5 Å². The molecule has 122 valence electrons. The van der Waals surface area contributed by atoms with Gasteiger partial charge in [0.25, 0.3) is 5.69 Å². The van der Waals surface area contributed by atoms with E-state index in [0.717, 1.165) is 35.6 Å². The molecule has 4 rings (SSSR count). The highest BCUT2D eigenvalue weighted by Crippen LogP contribution is 2.30. The molecule has 0 unspecified atom stereocenters. The number of benzene rings is 1. The van der Waals surface area contributed by atoms with Crippen LogP contribution in [0.5, 0.6) is 0 Å². The quantitative estimate of drug-likeness (QED) is 0.586. The lowest BCUT2D eigenvalue weighted by Crippen LogP contribution is -2.36. The summed E-state index contributed by atoms with van der Waals surface area (Å²) in [5.74, 6) is 0.858. The maximum atomic E-state index is 11.0. The zero-order chi connectivity index (χ0) is 16.5. The normalized spacial score (nSPS) is 14.9. The first-order chi connectivity index (χ1) is 11.7. The van der Waals surface area contributed by atoms with Gasteiger partial charge in [0.2, 0.25) is 0 Å². The van der Waals surface area contributed by atoms with E-state index in [1.807, 2.05) is 12.1 Å². The number of anilines is 1. The number of hydrogen-bond donors (Lipinski definition) is 1. The van der Waals surface area contributed by atoms with E-state index in [1.165, 1.54) is 12.4 Å². The molecule has 1 N–H and O–H groups in total. The summed E-state index contributed by atoms with van der Waals surface area (Å²) < 4.78 is 5.39. The molecule has 3 heterocycles. The molecule has 1 aromatic carbocycles. The number of morpholine rings is 1. The van der Waals surface area contributed by atoms with Crippen LogP contribution in [0.2, 0.25) is 0 Å². The van der Waals surface area contributed by atoms with Crippen molar-refractivity contribution in [1.29, 1.82) is 0 Å². The number of fused-ring (bicyclic) bond motifs is 1. The molecule has 0 spiro atoms. The van der Waals surface area contributed by atoms with Crippen LogP contribution in [0.4, 0.5) is 11.5 Å². The van der Waals surface area contributed by atoms with Gasteiger partial charge in [-0.25, -0.2) is 9.97 Å².